The first-order valence-corrected chi connectivity index (χ1v) is 12.5. The molecule has 0 saturated heterocycles. The molecule has 0 fully saturated rings. The largest absolute Gasteiger partial charge is 0.485 e. The lowest BCUT2D eigenvalue weighted by Crippen LogP contribution is -2.31. The normalized spacial score (nSPS) is 11.4. The third-order valence-corrected chi connectivity index (χ3v) is 5.52. The van der Waals surface area contributed by atoms with Crippen molar-refractivity contribution in [2.45, 2.75) is 26.1 Å². The number of halogens is 3. The summed E-state index contributed by atoms with van der Waals surface area (Å²) in [5.41, 5.74) is 0.960. The van der Waals surface area contributed by atoms with Gasteiger partial charge in [-0.2, -0.15) is 35.2 Å². The third kappa shape index (κ3) is 7.30. The van der Waals surface area contributed by atoms with Crippen molar-refractivity contribution in [1.29, 1.82) is 5.26 Å². The lowest BCUT2D eigenvalue weighted by molar-refractivity contribution is -0.151. The molecule has 7 nitrogen and oxygen atoms in total. The van der Waals surface area contributed by atoms with E-state index in [-0.39, 0.29) is 36.7 Å². The number of benzene rings is 2. The van der Waals surface area contributed by atoms with Crippen molar-refractivity contribution in [1.82, 2.24) is 4.98 Å². The van der Waals surface area contributed by atoms with E-state index in [2.05, 4.69) is 4.98 Å². The van der Waals surface area contributed by atoms with E-state index < -0.39 is 41.3 Å². The Bertz CT molecular complexity index is 1270. The van der Waals surface area contributed by atoms with Gasteiger partial charge >= 0.3 is 5.97 Å². The number of ether oxygens (including phenoxy) is 4. The number of hydrogen-bond donors (Lipinski definition) is 0. The average molecular weight is 533 g/mol. The summed E-state index contributed by atoms with van der Waals surface area (Å²) < 4.78 is 65.6. The fourth-order valence-electron chi connectivity index (χ4n) is 3.09. The highest BCUT2D eigenvalue weighted by Crippen LogP contribution is 2.37. The van der Waals surface area contributed by atoms with Crippen LogP contribution in [-0.2, 0) is 16.1 Å². The minimum absolute atomic E-state index is 0.0168. The Morgan fingerprint density at radius 1 is 1.11 bits per heavy atom. The van der Waals surface area contributed by atoms with E-state index in [1.807, 2.05) is 36.4 Å². The molecule has 0 amide bonds. The van der Waals surface area contributed by atoms with E-state index in [1.165, 1.54) is 30.0 Å². The molecule has 3 aromatic rings. The summed E-state index contributed by atoms with van der Waals surface area (Å²) in [5, 5.41) is 9.26. The van der Waals surface area contributed by atoms with E-state index in [4.69, 9.17) is 18.9 Å². The monoisotopic (exact) mass is 532 g/mol. The van der Waals surface area contributed by atoms with Crippen LogP contribution in [0.25, 0.3) is 0 Å². The summed E-state index contributed by atoms with van der Waals surface area (Å²) in [4.78, 5) is 15.5. The Labute approximate surface area is 216 Å². The van der Waals surface area contributed by atoms with E-state index in [0.717, 1.165) is 5.56 Å². The SMILES string of the molecule is CCOC(=O)C(CCSC)Oc1c(F)c(F)nc(Oc2cc(C#N)ccc2OCc2ccccc2)c1F. The van der Waals surface area contributed by atoms with Crippen LogP contribution in [0.3, 0.4) is 0 Å². The minimum Gasteiger partial charge on any atom is -0.485 e. The predicted molar refractivity (Wildman–Crippen MR) is 130 cm³/mol. The number of carbonyl (C=O) groups excluding carboxylic acids is 1. The van der Waals surface area contributed by atoms with Crippen molar-refractivity contribution in [2.75, 3.05) is 18.6 Å². The van der Waals surface area contributed by atoms with E-state index in [9.17, 15) is 18.8 Å². The first kappa shape index (κ1) is 27.7. The number of carbonyl (C=O) groups is 1. The second-order valence-corrected chi connectivity index (χ2v) is 8.44. The summed E-state index contributed by atoms with van der Waals surface area (Å²) >= 11 is 1.37. The van der Waals surface area contributed by atoms with Gasteiger partial charge < -0.3 is 18.9 Å². The fraction of sp³-hybridized carbons (Fsp3) is 0.269. The zero-order chi connectivity index (χ0) is 26.8. The Hall–Kier alpha value is -3.91. The van der Waals surface area contributed by atoms with Crippen molar-refractivity contribution in [2.24, 2.45) is 0 Å². The molecule has 11 heteroatoms. The lowest BCUT2D eigenvalue weighted by Gasteiger charge is -2.19. The Balaban J connectivity index is 1.94. The number of pyridine rings is 1. The van der Waals surface area contributed by atoms with Crippen LogP contribution in [0.2, 0.25) is 0 Å². The van der Waals surface area contributed by atoms with Crippen LogP contribution in [0.15, 0.2) is 48.5 Å². The highest BCUT2D eigenvalue weighted by atomic mass is 32.2. The van der Waals surface area contributed by atoms with Gasteiger partial charge in [-0.25, -0.2) is 4.79 Å². The van der Waals surface area contributed by atoms with Crippen LogP contribution in [0.5, 0.6) is 23.1 Å². The van der Waals surface area contributed by atoms with Crippen molar-refractivity contribution >= 4 is 17.7 Å². The molecule has 0 saturated carbocycles. The molecular weight excluding hydrogens is 509 g/mol. The molecule has 0 aliphatic heterocycles. The van der Waals surface area contributed by atoms with Crippen LogP contribution in [0, 0.1) is 28.9 Å². The number of aromatic nitrogens is 1. The second kappa shape index (κ2) is 13.4. The molecule has 0 aliphatic carbocycles. The van der Waals surface area contributed by atoms with Gasteiger partial charge in [-0.3, -0.25) is 0 Å². The molecule has 0 N–H and O–H groups in total. The van der Waals surface area contributed by atoms with Gasteiger partial charge in [-0.05, 0) is 36.6 Å². The summed E-state index contributed by atoms with van der Waals surface area (Å²) in [6.07, 6.45) is 0.437. The second-order valence-electron chi connectivity index (χ2n) is 7.45. The molecule has 0 spiro atoms. The Morgan fingerprint density at radius 2 is 1.86 bits per heavy atom. The number of hydrogen-bond acceptors (Lipinski definition) is 8. The summed E-state index contributed by atoms with van der Waals surface area (Å²) in [6.45, 7) is 1.69. The number of esters is 1. The topological polar surface area (TPSA) is 90.7 Å². The molecule has 1 aromatic heterocycles. The van der Waals surface area contributed by atoms with Crippen molar-refractivity contribution in [3.05, 3.63) is 77.2 Å². The quantitative estimate of drug-likeness (QED) is 0.213. The number of nitriles is 1. The van der Waals surface area contributed by atoms with Crippen molar-refractivity contribution in [3.63, 3.8) is 0 Å². The first-order chi connectivity index (χ1) is 17.9. The minimum atomic E-state index is -1.73. The molecule has 0 aliphatic rings. The summed E-state index contributed by atoms with van der Waals surface area (Å²) in [5.74, 6) is -7.57. The summed E-state index contributed by atoms with van der Waals surface area (Å²) in [7, 11) is 0. The third-order valence-electron chi connectivity index (χ3n) is 4.88. The standard InChI is InChI=1S/C26H23F3N2O5S/c1-3-33-26(32)19(11-12-37-2)35-23-21(27)24(29)31-25(22(23)28)36-20-13-17(14-30)9-10-18(20)34-15-16-7-5-4-6-8-16/h4-10,13,19H,3,11-12,15H2,1-2H3. The molecule has 0 radical (unpaired) electrons. The van der Waals surface area contributed by atoms with Gasteiger partial charge in [-0.1, -0.05) is 30.3 Å². The maximum atomic E-state index is 15.3. The molecule has 2 aromatic carbocycles. The van der Waals surface area contributed by atoms with Gasteiger partial charge in [0.15, 0.2) is 17.6 Å². The van der Waals surface area contributed by atoms with Gasteiger partial charge in [0.1, 0.15) is 6.61 Å². The van der Waals surface area contributed by atoms with E-state index in [1.54, 1.807) is 13.2 Å². The van der Waals surface area contributed by atoms with Crippen LogP contribution in [-0.4, -0.2) is 35.7 Å². The van der Waals surface area contributed by atoms with Gasteiger partial charge in [0.05, 0.1) is 18.2 Å². The van der Waals surface area contributed by atoms with E-state index in [0.29, 0.717) is 5.75 Å². The van der Waals surface area contributed by atoms with Gasteiger partial charge in [-0.15, -0.1) is 0 Å². The molecule has 1 unspecified atom stereocenters. The highest BCUT2D eigenvalue weighted by molar-refractivity contribution is 7.98. The van der Waals surface area contributed by atoms with Crippen LogP contribution < -0.4 is 14.2 Å². The molecule has 37 heavy (non-hydrogen) atoms. The lowest BCUT2D eigenvalue weighted by atomic mass is 10.2. The fourth-order valence-corrected chi connectivity index (χ4v) is 3.54. The molecule has 1 atom stereocenters. The van der Waals surface area contributed by atoms with Crippen molar-refractivity contribution in [3.8, 4) is 29.2 Å². The Morgan fingerprint density at radius 3 is 2.54 bits per heavy atom. The van der Waals surface area contributed by atoms with Gasteiger partial charge in [0.25, 0.3) is 11.8 Å². The first-order valence-electron chi connectivity index (χ1n) is 11.1. The van der Waals surface area contributed by atoms with Crippen LogP contribution in [0.4, 0.5) is 13.2 Å². The molecule has 0 bridgehead atoms. The predicted octanol–water partition coefficient (Wildman–Crippen LogP) is 5.81. The van der Waals surface area contributed by atoms with Gasteiger partial charge in [0, 0.05) is 12.5 Å². The van der Waals surface area contributed by atoms with E-state index >= 15 is 4.39 Å². The van der Waals surface area contributed by atoms with Crippen LogP contribution in [0.1, 0.15) is 24.5 Å². The molecule has 3 rings (SSSR count). The highest BCUT2D eigenvalue weighted by Gasteiger charge is 2.30. The number of nitrogens with zero attached hydrogens (tertiary/aromatic N) is 2. The smallest absolute Gasteiger partial charge is 0.347 e. The Kier molecular flexibility index (Phi) is 10.0. The zero-order valence-corrected chi connectivity index (χ0v) is 20.8. The van der Waals surface area contributed by atoms with Gasteiger partial charge in [0.2, 0.25) is 17.4 Å². The maximum Gasteiger partial charge on any atom is 0.347 e. The number of thioether (sulfide) groups is 1. The number of rotatable bonds is 12. The maximum absolute atomic E-state index is 15.3. The van der Waals surface area contributed by atoms with Crippen molar-refractivity contribution < 1.29 is 36.9 Å². The summed E-state index contributed by atoms with van der Waals surface area (Å²) in [6, 6.07) is 15.1. The zero-order valence-electron chi connectivity index (χ0n) is 20.0. The molecule has 194 valence electrons. The van der Waals surface area contributed by atoms with Crippen LogP contribution >= 0.6 is 11.8 Å². The molecular formula is C26H23F3N2O5S. The average Bonchev–Trinajstić information content (AvgIpc) is 2.91. The molecule has 1 heterocycles.